The zero-order chi connectivity index (χ0) is 23.6. The summed E-state index contributed by atoms with van der Waals surface area (Å²) in [5, 5.41) is 0. The molecule has 2 aromatic rings. The summed E-state index contributed by atoms with van der Waals surface area (Å²) in [5.74, 6) is 1.36. The van der Waals surface area contributed by atoms with Gasteiger partial charge >= 0.3 is 5.97 Å². The Hall–Kier alpha value is -2.79. The van der Waals surface area contributed by atoms with Gasteiger partial charge in [0.2, 0.25) is 0 Å². The van der Waals surface area contributed by atoms with E-state index < -0.39 is 0 Å². The highest BCUT2D eigenvalue weighted by Crippen LogP contribution is 2.39. The fraction of sp³-hybridized carbons (Fsp3) is 0.464. The first kappa shape index (κ1) is 24.8. The predicted octanol–water partition coefficient (Wildman–Crippen LogP) is 5.25. The van der Waals surface area contributed by atoms with Crippen molar-refractivity contribution in [1.29, 1.82) is 0 Å². The van der Waals surface area contributed by atoms with Crippen LogP contribution in [0.4, 0.5) is 0 Å². The van der Waals surface area contributed by atoms with Crippen LogP contribution in [0.5, 0.6) is 11.5 Å². The van der Waals surface area contributed by atoms with Gasteiger partial charge in [-0.3, -0.25) is 9.69 Å². The first-order chi connectivity index (χ1) is 16.1. The van der Waals surface area contributed by atoms with E-state index >= 15 is 0 Å². The minimum atomic E-state index is -0.188. The number of hydrogen-bond acceptors (Lipinski definition) is 5. The minimum Gasteiger partial charge on any atom is -0.493 e. The minimum absolute atomic E-state index is 0.0868. The molecule has 0 saturated carbocycles. The monoisotopic (exact) mass is 451 g/mol. The number of carbonyl (C=O) groups is 1. The van der Waals surface area contributed by atoms with Crippen molar-refractivity contribution in [1.82, 2.24) is 4.90 Å². The number of ether oxygens (including phenoxy) is 3. The van der Waals surface area contributed by atoms with Crippen molar-refractivity contribution in [2.45, 2.75) is 44.6 Å². The molecule has 5 nitrogen and oxygen atoms in total. The molecule has 5 heteroatoms. The summed E-state index contributed by atoms with van der Waals surface area (Å²) >= 11 is 0. The molecule has 1 saturated heterocycles. The third-order valence-electron chi connectivity index (χ3n) is 6.63. The van der Waals surface area contributed by atoms with Crippen LogP contribution in [0.15, 0.2) is 61.2 Å². The van der Waals surface area contributed by atoms with E-state index in [0.717, 1.165) is 50.3 Å². The molecular weight excluding hydrogens is 414 g/mol. The topological polar surface area (TPSA) is 48.0 Å². The lowest BCUT2D eigenvalue weighted by molar-refractivity contribution is -0.153. The normalized spacial score (nSPS) is 20.8. The van der Waals surface area contributed by atoms with Crippen LogP contribution in [0.3, 0.4) is 0 Å². The van der Waals surface area contributed by atoms with E-state index in [4.69, 9.17) is 14.2 Å². The summed E-state index contributed by atoms with van der Waals surface area (Å²) in [6.07, 6.45) is 5.51. The standard InChI is InChI=1S/C28H37NO4/c1-5-7-13-24-27(28(30)33-6-2)23(22-11-9-8-10-12-22)17-19-29(24)18-16-21-14-15-25(31-3)26(20-21)32-4/h5,8-12,14-15,20,23-24,27H,1,6-7,13,16-19H2,2-4H3/t23-,24+,27+/m0/s1. The van der Waals surface area contributed by atoms with Gasteiger partial charge in [0.25, 0.3) is 0 Å². The highest BCUT2D eigenvalue weighted by Gasteiger charge is 2.43. The van der Waals surface area contributed by atoms with Crippen molar-refractivity contribution in [2.75, 3.05) is 33.9 Å². The average molecular weight is 452 g/mol. The van der Waals surface area contributed by atoms with E-state index in [1.54, 1.807) is 14.2 Å². The van der Waals surface area contributed by atoms with E-state index in [-0.39, 0.29) is 23.8 Å². The number of methoxy groups -OCH3 is 2. The van der Waals surface area contributed by atoms with E-state index in [1.807, 2.05) is 31.2 Å². The van der Waals surface area contributed by atoms with Gasteiger partial charge in [0, 0.05) is 12.6 Å². The lowest BCUT2D eigenvalue weighted by atomic mass is 9.74. The van der Waals surface area contributed by atoms with Crippen molar-refractivity contribution < 1.29 is 19.0 Å². The molecule has 1 fully saturated rings. The number of allylic oxidation sites excluding steroid dienone is 1. The largest absolute Gasteiger partial charge is 0.493 e. The van der Waals surface area contributed by atoms with Crippen molar-refractivity contribution >= 4 is 5.97 Å². The zero-order valence-electron chi connectivity index (χ0n) is 20.2. The van der Waals surface area contributed by atoms with Gasteiger partial charge in [-0.1, -0.05) is 42.5 Å². The van der Waals surface area contributed by atoms with Crippen LogP contribution < -0.4 is 9.47 Å². The van der Waals surface area contributed by atoms with Gasteiger partial charge in [0.15, 0.2) is 11.5 Å². The molecule has 0 N–H and O–H groups in total. The van der Waals surface area contributed by atoms with Gasteiger partial charge < -0.3 is 14.2 Å². The Morgan fingerprint density at radius 2 is 1.88 bits per heavy atom. The van der Waals surface area contributed by atoms with Gasteiger partial charge in [-0.05, 0) is 68.3 Å². The molecule has 3 rings (SSSR count). The number of piperidine rings is 1. The lowest BCUT2D eigenvalue weighted by Crippen LogP contribution is -2.52. The first-order valence-corrected chi connectivity index (χ1v) is 11.9. The fourth-order valence-corrected chi connectivity index (χ4v) is 5.02. The van der Waals surface area contributed by atoms with Crippen molar-refractivity contribution in [3.05, 3.63) is 72.3 Å². The number of benzene rings is 2. The lowest BCUT2D eigenvalue weighted by Gasteiger charge is -2.45. The average Bonchev–Trinajstić information content (AvgIpc) is 2.86. The van der Waals surface area contributed by atoms with E-state index in [0.29, 0.717) is 6.61 Å². The molecule has 1 heterocycles. The van der Waals surface area contributed by atoms with E-state index in [2.05, 4.69) is 41.8 Å². The first-order valence-electron chi connectivity index (χ1n) is 11.9. The smallest absolute Gasteiger partial charge is 0.311 e. The van der Waals surface area contributed by atoms with Gasteiger partial charge in [-0.25, -0.2) is 0 Å². The van der Waals surface area contributed by atoms with Gasteiger partial charge in [-0.15, -0.1) is 6.58 Å². The third-order valence-corrected chi connectivity index (χ3v) is 6.63. The van der Waals surface area contributed by atoms with Crippen LogP contribution in [0.25, 0.3) is 0 Å². The van der Waals surface area contributed by atoms with Crippen LogP contribution in [0, 0.1) is 5.92 Å². The second-order valence-electron chi connectivity index (χ2n) is 8.49. The van der Waals surface area contributed by atoms with Crippen molar-refractivity contribution in [2.24, 2.45) is 5.92 Å². The van der Waals surface area contributed by atoms with Crippen LogP contribution in [0.2, 0.25) is 0 Å². The molecule has 3 atom stereocenters. The number of likely N-dealkylation sites (tertiary alicyclic amines) is 1. The molecule has 0 aromatic heterocycles. The Morgan fingerprint density at radius 3 is 2.55 bits per heavy atom. The number of hydrogen-bond donors (Lipinski definition) is 0. The van der Waals surface area contributed by atoms with Crippen LogP contribution >= 0.6 is 0 Å². The maximum atomic E-state index is 13.2. The summed E-state index contributed by atoms with van der Waals surface area (Å²) < 4.78 is 16.4. The molecule has 1 aliphatic heterocycles. The molecule has 178 valence electrons. The molecule has 0 radical (unpaired) electrons. The quantitative estimate of drug-likeness (QED) is 0.345. The Bertz CT molecular complexity index is 898. The highest BCUT2D eigenvalue weighted by atomic mass is 16.5. The summed E-state index contributed by atoms with van der Waals surface area (Å²) in [4.78, 5) is 15.7. The molecule has 2 aromatic carbocycles. The Kier molecular flexibility index (Phi) is 9.37. The zero-order valence-corrected chi connectivity index (χ0v) is 20.2. The maximum absolute atomic E-state index is 13.2. The number of nitrogens with zero attached hydrogens (tertiary/aromatic N) is 1. The molecule has 1 aliphatic rings. The molecule has 0 bridgehead atoms. The summed E-state index contributed by atoms with van der Waals surface area (Å²) in [7, 11) is 3.30. The van der Waals surface area contributed by atoms with Gasteiger partial charge in [0.1, 0.15) is 0 Å². The summed E-state index contributed by atoms with van der Waals surface area (Å²) in [6.45, 7) is 8.02. The summed E-state index contributed by atoms with van der Waals surface area (Å²) in [6, 6.07) is 16.6. The van der Waals surface area contributed by atoms with E-state index in [9.17, 15) is 4.79 Å². The van der Waals surface area contributed by atoms with Crippen molar-refractivity contribution in [3.8, 4) is 11.5 Å². The number of carbonyl (C=O) groups excluding carboxylic acids is 1. The van der Waals surface area contributed by atoms with Crippen LogP contribution in [0.1, 0.15) is 43.2 Å². The fourth-order valence-electron chi connectivity index (χ4n) is 5.02. The summed E-state index contributed by atoms with van der Waals surface area (Å²) in [5.41, 5.74) is 2.41. The van der Waals surface area contributed by atoms with Crippen LogP contribution in [-0.4, -0.2) is 50.8 Å². The molecule has 0 spiro atoms. The molecular formula is C28H37NO4. The molecule has 0 amide bonds. The SMILES string of the molecule is C=CCC[C@@H]1[C@H](C(=O)OCC)[C@H](c2ccccc2)CCN1CCc1ccc(OC)c(OC)c1. The number of rotatable bonds is 11. The second kappa shape index (κ2) is 12.4. The van der Waals surface area contributed by atoms with Gasteiger partial charge in [-0.2, -0.15) is 0 Å². The molecule has 0 unspecified atom stereocenters. The van der Waals surface area contributed by atoms with E-state index in [1.165, 1.54) is 11.1 Å². The molecule has 0 aliphatic carbocycles. The molecule has 33 heavy (non-hydrogen) atoms. The predicted molar refractivity (Wildman–Crippen MR) is 132 cm³/mol. The van der Waals surface area contributed by atoms with Crippen molar-refractivity contribution in [3.63, 3.8) is 0 Å². The van der Waals surface area contributed by atoms with Gasteiger partial charge in [0.05, 0.1) is 26.7 Å². The Labute approximate surface area is 198 Å². The maximum Gasteiger partial charge on any atom is 0.311 e. The Morgan fingerprint density at radius 1 is 1.12 bits per heavy atom. The number of esters is 1. The third kappa shape index (κ3) is 6.17. The van der Waals surface area contributed by atoms with Crippen LogP contribution in [-0.2, 0) is 16.0 Å². The second-order valence-corrected chi connectivity index (χ2v) is 8.49. The Balaban J connectivity index is 1.83. The highest BCUT2D eigenvalue weighted by molar-refractivity contribution is 5.75.